The zero-order valence-electron chi connectivity index (χ0n) is 18.5. The molecule has 1 atom stereocenters. The van der Waals surface area contributed by atoms with Gasteiger partial charge in [0.15, 0.2) is 0 Å². The van der Waals surface area contributed by atoms with Crippen LogP contribution in [0.2, 0.25) is 0 Å². The number of nitrogens with zero attached hydrogens (tertiary/aromatic N) is 1. The van der Waals surface area contributed by atoms with Gasteiger partial charge in [-0.2, -0.15) is 17.5 Å². The summed E-state index contributed by atoms with van der Waals surface area (Å²) in [5, 5.41) is 3.19. The first-order valence-corrected chi connectivity index (χ1v) is 13.5. The van der Waals surface area contributed by atoms with E-state index in [4.69, 9.17) is 0 Å². The van der Waals surface area contributed by atoms with Crippen LogP contribution >= 0.6 is 0 Å². The van der Waals surface area contributed by atoms with Crippen LogP contribution in [-0.2, 0) is 37.4 Å². The van der Waals surface area contributed by atoms with Crippen molar-refractivity contribution < 1.29 is 34.8 Å². The van der Waals surface area contributed by atoms with Crippen LogP contribution in [0.4, 0.5) is 18.9 Å². The highest BCUT2D eigenvalue weighted by Crippen LogP contribution is 2.30. The van der Waals surface area contributed by atoms with Crippen molar-refractivity contribution in [2.75, 3.05) is 25.0 Å². The van der Waals surface area contributed by atoms with E-state index in [0.29, 0.717) is 12.0 Å². The molecular formula is C22H24F3N3O5S2. The molecule has 0 aliphatic carbocycles. The summed E-state index contributed by atoms with van der Waals surface area (Å²) in [5.41, 5.74) is -0.401. The molecule has 1 unspecified atom stereocenters. The molecule has 2 aromatic rings. The summed E-state index contributed by atoms with van der Waals surface area (Å²) in [5.74, 6) is -0.734. The number of nitrogens with one attached hydrogen (secondary N) is 2. The number of halogens is 3. The molecular weight excluding hydrogens is 507 g/mol. The van der Waals surface area contributed by atoms with Crippen molar-refractivity contribution in [3.8, 4) is 0 Å². The van der Waals surface area contributed by atoms with Crippen molar-refractivity contribution in [1.82, 2.24) is 9.03 Å². The van der Waals surface area contributed by atoms with E-state index in [0.717, 1.165) is 17.5 Å². The fourth-order valence-corrected chi connectivity index (χ4v) is 5.68. The number of benzene rings is 2. The number of hydrogen-bond acceptors (Lipinski definition) is 5. The van der Waals surface area contributed by atoms with E-state index in [2.05, 4.69) is 16.6 Å². The summed E-state index contributed by atoms with van der Waals surface area (Å²) in [7, 11) is -7.41. The Labute approximate surface area is 201 Å². The Bertz CT molecular complexity index is 1290. The Morgan fingerprint density at radius 2 is 1.80 bits per heavy atom. The topological polar surface area (TPSA) is 113 Å². The second-order valence-corrected chi connectivity index (χ2v) is 11.7. The van der Waals surface area contributed by atoms with Crippen LogP contribution < -0.4 is 10.0 Å². The molecule has 2 N–H and O–H groups in total. The summed E-state index contributed by atoms with van der Waals surface area (Å²) in [4.78, 5) is 12.3. The summed E-state index contributed by atoms with van der Waals surface area (Å²) in [6.07, 6.45) is -4.20. The minimum Gasteiger partial charge on any atom is -0.326 e. The molecule has 0 aromatic heterocycles. The van der Waals surface area contributed by atoms with Crippen LogP contribution in [-0.4, -0.2) is 46.7 Å². The summed E-state index contributed by atoms with van der Waals surface area (Å²) in [6, 6.07) is 9.90. The third-order valence-corrected chi connectivity index (χ3v) is 8.33. The number of hydrogen-bond donors (Lipinski definition) is 2. The molecule has 0 bridgehead atoms. The van der Waals surface area contributed by atoms with Crippen LogP contribution in [0.3, 0.4) is 0 Å². The molecule has 1 saturated heterocycles. The van der Waals surface area contributed by atoms with Gasteiger partial charge in [-0.3, -0.25) is 4.79 Å². The molecule has 35 heavy (non-hydrogen) atoms. The van der Waals surface area contributed by atoms with Crippen molar-refractivity contribution >= 4 is 31.6 Å². The molecule has 0 saturated carbocycles. The quantitative estimate of drug-likeness (QED) is 0.517. The van der Waals surface area contributed by atoms with Gasteiger partial charge in [-0.15, -0.1) is 0 Å². The van der Waals surface area contributed by atoms with Gasteiger partial charge in [0.2, 0.25) is 26.0 Å². The average Bonchev–Trinajstić information content (AvgIpc) is 3.28. The van der Waals surface area contributed by atoms with E-state index in [1.807, 2.05) is 0 Å². The Morgan fingerprint density at radius 1 is 1.11 bits per heavy atom. The predicted molar refractivity (Wildman–Crippen MR) is 124 cm³/mol. The van der Waals surface area contributed by atoms with Gasteiger partial charge in [0, 0.05) is 30.7 Å². The number of carbonyl (C=O) groups excluding carboxylic acids is 1. The van der Waals surface area contributed by atoms with E-state index in [9.17, 15) is 34.8 Å². The molecule has 3 rings (SSSR count). The lowest BCUT2D eigenvalue weighted by molar-refractivity contribution is -0.137. The van der Waals surface area contributed by atoms with Gasteiger partial charge in [-0.1, -0.05) is 24.8 Å². The molecule has 1 heterocycles. The number of anilines is 1. The SMILES string of the molecule is C=CS(=O)(=O)NCC1CCN(S(=O)(=O)c2ccc(CC(=O)Nc3cccc(C(F)(F)F)c3)cc2)C1. The van der Waals surface area contributed by atoms with Crippen molar-refractivity contribution in [3.05, 3.63) is 71.6 Å². The molecule has 1 amide bonds. The van der Waals surface area contributed by atoms with Crippen molar-refractivity contribution in [2.24, 2.45) is 5.92 Å². The monoisotopic (exact) mass is 531 g/mol. The predicted octanol–water partition coefficient (Wildman–Crippen LogP) is 2.96. The largest absolute Gasteiger partial charge is 0.416 e. The Balaban J connectivity index is 1.59. The van der Waals surface area contributed by atoms with Crippen LogP contribution in [0.5, 0.6) is 0 Å². The lowest BCUT2D eigenvalue weighted by Gasteiger charge is -2.17. The van der Waals surface area contributed by atoms with Crippen molar-refractivity contribution in [3.63, 3.8) is 0 Å². The van der Waals surface area contributed by atoms with Crippen LogP contribution in [0.15, 0.2) is 65.4 Å². The van der Waals surface area contributed by atoms with Crippen molar-refractivity contribution in [2.45, 2.75) is 23.9 Å². The van der Waals surface area contributed by atoms with E-state index >= 15 is 0 Å². The molecule has 1 aliphatic heterocycles. The maximum Gasteiger partial charge on any atom is 0.416 e. The van der Waals surface area contributed by atoms with E-state index in [1.165, 1.54) is 40.7 Å². The third-order valence-electron chi connectivity index (χ3n) is 5.44. The second-order valence-electron chi connectivity index (χ2n) is 8.03. The molecule has 8 nitrogen and oxygen atoms in total. The Kier molecular flexibility index (Phi) is 8.04. The van der Waals surface area contributed by atoms with Crippen LogP contribution in [0.1, 0.15) is 17.5 Å². The first-order chi connectivity index (χ1) is 16.3. The summed E-state index contributed by atoms with van der Waals surface area (Å²) < 4.78 is 90.9. The molecule has 0 spiro atoms. The first kappa shape index (κ1) is 26.9. The van der Waals surface area contributed by atoms with Gasteiger partial charge in [0.05, 0.1) is 16.9 Å². The van der Waals surface area contributed by atoms with Gasteiger partial charge < -0.3 is 5.32 Å². The van der Waals surface area contributed by atoms with E-state index in [-0.39, 0.29) is 42.6 Å². The van der Waals surface area contributed by atoms with Crippen molar-refractivity contribution in [1.29, 1.82) is 0 Å². The first-order valence-electron chi connectivity index (χ1n) is 10.5. The highest BCUT2D eigenvalue weighted by atomic mass is 32.2. The fraction of sp³-hybridized carbons (Fsp3) is 0.318. The number of carbonyl (C=O) groups is 1. The Morgan fingerprint density at radius 3 is 2.43 bits per heavy atom. The minimum absolute atomic E-state index is 0.00277. The van der Waals surface area contributed by atoms with Gasteiger partial charge in [0.25, 0.3) is 0 Å². The van der Waals surface area contributed by atoms with Crippen LogP contribution in [0.25, 0.3) is 0 Å². The maximum absolute atomic E-state index is 12.9. The minimum atomic E-state index is -4.53. The lowest BCUT2D eigenvalue weighted by Crippen LogP contribution is -2.32. The normalized spacial score (nSPS) is 17.3. The molecule has 1 aliphatic rings. The van der Waals surface area contributed by atoms with Crippen LogP contribution in [0, 0.1) is 5.92 Å². The highest BCUT2D eigenvalue weighted by molar-refractivity contribution is 7.92. The number of rotatable bonds is 9. The Hall–Kier alpha value is -2.74. The van der Waals surface area contributed by atoms with Gasteiger partial charge in [-0.05, 0) is 48.2 Å². The van der Waals surface area contributed by atoms with Gasteiger partial charge >= 0.3 is 6.18 Å². The smallest absolute Gasteiger partial charge is 0.326 e. The third kappa shape index (κ3) is 7.13. The average molecular weight is 532 g/mol. The zero-order valence-corrected chi connectivity index (χ0v) is 20.1. The van der Waals surface area contributed by atoms with Gasteiger partial charge in [0.1, 0.15) is 0 Å². The highest BCUT2D eigenvalue weighted by Gasteiger charge is 2.33. The zero-order chi connectivity index (χ0) is 25.9. The standard InChI is InChI=1S/C22H24F3N3O5S2/c1-2-34(30,31)26-14-17-10-11-28(15-17)35(32,33)20-8-6-16(7-9-20)12-21(29)27-19-5-3-4-18(13-19)22(23,24)25/h2-9,13,17,26H,1,10-12,14-15H2,(H,27,29). The molecule has 13 heteroatoms. The number of alkyl halides is 3. The summed E-state index contributed by atoms with van der Waals surface area (Å²) >= 11 is 0. The molecule has 1 fully saturated rings. The van der Waals surface area contributed by atoms with Gasteiger partial charge in [-0.25, -0.2) is 21.6 Å². The maximum atomic E-state index is 12.9. The van der Waals surface area contributed by atoms with E-state index < -0.39 is 37.7 Å². The molecule has 0 radical (unpaired) electrons. The van der Waals surface area contributed by atoms with E-state index in [1.54, 1.807) is 0 Å². The molecule has 2 aromatic carbocycles. The fourth-order valence-electron chi connectivity index (χ4n) is 3.57. The molecule has 190 valence electrons. The lowest BCUT2D eigenvalue weighted by atomic mass is 10.1. The number of sulfonamides is 2. The number of amides is 1. The second kappa shape index (κ2) is 10.5. The summed E-state index contributed by atoms with van der Waals surface area (Å²) in [6.45, 7) is 3.70.